The van der Waals surface area contributed by atoms with E-state index >= 15 is 0 Å². The summed E-state index contributed by atoms with van der Waals surface area (Å²) in [5.74, 6) is 1.75. The molecule has 0 radical (unpaired) electrons. The summed E-state index contributed by atoms with van der Waals surface area (Å²) in [5.41, 5.74) is 1.59. The van der Waals surface area contributed by atoms with Gasteiger partial charge in [0.25, 0.3) is 0 Å². The van der Waals surface area contributed by atoms with Crippen molar-refractivity contribution in [1.82, 2.24) is 15.5 Å². The first kappa shape index (κ1) is 23.5. The van der Waals surface area contributed by atoms with Crippen molar-refractivity contribution in [2.45, 2.75) is 45.1 Å². The van der Waals surface area contributed by atoms with Crippen LogP contribution in [0.3, 0.4) is 0 Å². The molecule has 6 heteroatoms. The summed E-state index contributed by atoms with van der Waals surface area (Å²) in [7, 11) is 7.75. The second-order valence-corrected chi connectivity index (χ2v) is 8.21. The molecule has 0 amide bonds. The third-order valence-corrected chi connectivity index (χ3v) is 6.09. The lowest BCUT2D eigenvalue weighted by molar-refractivity contribution is 0.105. The van der Waals surface area contributed by atoms with Crippen LogP contribution in [-0.2, 0) is 4.74 Å². The van der Waals surface area contributed by atoms with Crippen molar-refractivity contribution in [2.75, 3.05) is 54.6 Å². The summed E-state index contributed by atoms with van der Waals surface area (Å²) in [5, 5.41) is 7.11. The van der Waals surface area contributed by atoms with Crippen molar-refractivity contribution in [1.29, 1.82) is 0 Å². The Kier molecular flexibility index (Phi) is 9.74. The molecule has 164 valence electrons. The molecule has 2 rings (SSSR count). The quantitative estimate of drug-likeness (QED) is 0.336. The Bertz CT molecular complexity index is 610. The van der Waals surface area contributed by atoms with Crippen molar-refractivity contribution < 1.29 is 9.47 Å². The van der Waals surface area contributed by atoms with Gasteiger partial charge in [0.2, 0.25) is 0 Å². The average molecular weight is 405 g/mol. The molecule has 0 saturated heterocycles. The molecule has 1 aromatic rings. The molecule has 0 aliphatic heterocycles. The normalized spacial score (nSPS) is 17.4. The van der Waals surface area contributed by atoms with Crippen molar-refractivity contribution in [2.24, 2.45) is 10.4 Å². The molecule has 29 heavy (non-hydrogen) atoms. The maximum atomic E-state index is 5.64. The van der Waals surface area contributed by atoms with Crippen LogP contribution < -0.4 is 15.4 Å². The van der Waals surface area contributed by atoms with Crippen LogP contribution in [0.4, 0.5) is 0 Å². The van der Waals surface area contributed by atoms with E-state index in [9.17, 15) is 0 Å². The standard InChI is InChI=1S/C23H40N4O2/c1-6-29-16-15-23(13-7-8-14-23)18-26-22(24-2)25-17-21(27(3)4)19-9-11-20(28-5)12-10-19/h9-12,21H,6-8,13-18H2,1-5H3,(H2,24,25,26). The van der Waals surface area contributed by atoms with E-state index in [1.807, 2.05) is 19.2 Å². The number of hydrogen-bond acceptors (Lipinski definition) is 4. The number of likely N-dealkylation sites (N-methyl/N-ethyl adjacent to an activating group) is 1. The number of methoxy groups -OCH3 is 1. The number of hydrogen-bond donors (Lipinski definition) is 2. The fraction of sp³-hybridized carbons (Fsp3) is 0.696. The van der Waals surface area contributed by atoms with Crippen LogP contribution in [-0.4, -0.2) is 65.4 Å². The minimum absolute atomic E-state index is 0.248. The number of nitrogens with zero attached hydrogens (tertiary/aromatic N) is 2. The van der Waals surface area contributed by atoms with E-state index in [1.54, 1.807) is 7.11 Å². The minimum atomic E-state index is 0.248. The van der Waals surface area contributed by atoms with Crippen molar-refractivity contribution in [3.05, 3.63) is 29.8 Å². The van der Waals surface area contributed by atoms with Crippen LogP contribution in [0.2, 0.25) is 0 Å². The molecular formula is C23H40N4O2. The third kappa shape index (κ3) is 7.19. The van der Waals surface area contributed by atoms with Crippen LogP contribution in [0.15, 0.2) is 29.3 Å². The maximum Gasteiger partial charge on any atom is 0.191 e. The van der Waals surface area contributed by atoms with Gasteiger partial charge in [-0.25, -0.2) is 0 Å². The molecule has 6 nitrogen and oxygen atoms in total. The molecule has 1 aliphatic rings. The summed E-state index contributed by atoms with van der Waals surface area (Å²) in [6.45, 7) is 5.45. The first-order valence-electron chi connectivity index (χ1n) is 10.9. The fourth-order valence-electron chi connectivity index (χ4n) is 4.18. The van der Waals surface area contributed by atoms with Crippen LogP contribution in [0.5, 0.6) is 5.75 Å². The Hall–Kier alpha value is -1.79. The Balaban J connectivity index is 1.91. The third-order valence-electron chi connectivity index (χ3n) is 6.09. The summed E-state index contributed by atoms with van der Waals surface area (Å²) >= 11 is 0. The lowest BCUT2D eigenvalue weighted by atomic mass is 9.83. The highest BCUT2D eigenvalue weighted by molar-refractivity contribution is 5.79. The highest BCUT2D eigenvalue weighted by Crippen LogP contribution is 2.40. The smallest absolute Gasteiger partial charge is 0.191 e. The topological polar surface area (TPSA) is 58.1 Å². The molecule has 1 aliphatic carbocycles. The van der Waals surface area contributed by atoms with Gasteiger partial charge in [0.15, 0.2) is 5.96 Å². The van der Waals surface area contributed by atoms with Crippen LogP contribution >= 0.6 is 0 Å². The highest BCUT2D eigenvalue weighted by atomic mass is 16.5. The van der Waals surface area contributed by atoms with E-state index in [4.69, 9.17) is 9.47 Å². The van der Waals surface area contributed by atoms with E-state index in [1.165, 1.54) is 31.2 Å². The van der Waals surface area contributed by atoms with Gasteiger partial charge < -0.3 is 25.0 Å². The molecular weight excluding hydrogens is 364 g/mol. The first-order chi connectivity index (χ1) is 14.0. The maximum absolute atomic E-state index is 5.64. The van der Waals surface area contributed by atoms with Gasteiger partial charge in [-0.2, -0.15) is 0 Å². The Labute approximate surface area is 177 Å². The number of rotatable bonds is 11. The molecule has 0 spiro atoms. The number of guanidine groups is 1. The molecule has 1 unspecified atom stereocenters. The van der Waals surface area contributed by atoms with Crippen LogP contribution in [0.25, 0.3) is 0 Å². The fourth-order valence-corrected chi connectivity index (χ4v) is 4.18. The summed E-state index contributed by atoms with van der Waals surface area (Å²) in [6, 6.07) is 8.53. The second-order valence-electron chi connectivity index (χ2n) is 8.21. The SMILES string of the molecule is CCOCCC1(CNC(=NC)NCC(c2ccc(OC)cc2)N(C)C)CCCC1. The minimum Gasteiger partial charge on any atom is -0.497 e. The van der Waals surface area contributed by atoms with Gasteiger partial charge in [0.1, 0.15) is 5.75 Å². The van der Waals surface area contributed by atoms with Crippen LogP contribution in [0, 0.1) is 5.41 Å². The summed E-state index contributed by atoms with van der Waals surface area (Å²) in [6.07, 6.45) is 6.31. The van der Waals surface area contributed by atoms with E-state index < -0.39 is 0 Å². The van der Waals surface area contributed by atoms with Crippen LogP contribution in [0.1, 0.15) is 50.6 Å². The molecule has 0 aromatic heterocycles. The lowest BCUT2D eigenvalue weighted by Gasteiger charge is -2.31. The van der Waals surface area contributed by atoms with Crippen molar-refractivity contribution >= 4 is 5.96 Å². The molecule has 2 N–H and O–H groups in total. The molecule has 1 atom stereocenters. The number of nitrogens with one attached hydrogen (secondary N) is 2. The van der Waals surface area contributed by atoms with Crippen molar-refractivity contribution in [3.8, 4) is 5.75 Å². The largest absolute Gasteiger partial charge is 0.497 e. The predicted molar refractivity (Wildman–Crippen MR) is 121 cm³/mol. The van der Waals surface area contributed by atoms with Gasteiger partial charge in [-0.1, -0.05) is 25.0 Å². The Morgan fingerprint density at radius 1 is 1.17 bits per heavy atom. The molecule has 0 heterocycles. The Morgan fingerprint density at radius 3 is 2.41 bits per heavy atom. The molecule has 0 bridgehead atoms. The Morgan fingerprint density at radius 2 is 1.86 bits per heavy atom. The zero-order valence-electron chi connectivity index (χ0n) is 19.0. The zero-order chi connectivity index (χ0) is 21.1. The second kappa shape index (κ2) is 12.0. The zero-order valence-corrected chi connectivity index (χ0v) is 19.0. The van der Waals surface area contributed by atoms with E-state index in [2.05, 4.69) is 53.7 Å². The van der Waals surface area contributed by atoms with E-state index in [0.717, 1.165) is 44.4 Å². The predicted octanol–water partition coefficient (Wildman–Crippen LogP) is 3.45. The molecule has 1 saturated carbocycles. The summed E-state index contributed by atoms with van der Waals surface area (Å²) < 4.78 is 10.9. The monoisotopic (exact) mass is 404 g/mol. The van der Waals surface area contributed by atoms with Gasteiger partial charge in [-0.05, 0) is 63.4 Å². The number of ether oxygens (including phenoxy) is 2. The molecule has 1 fully saturated rings. The van der Waals surface area contributed by atoms with Gasteiger partial charge in [0, 0.05) is 33.4 Å². The number of benzene rings is 1. The van der Waals surface area contributed by atoms with Crippen molar-refractivity contribution in [3.63, 3.8) is 0 Å². The van der Waals surface area contributed by atoms with Gasteiger partial charge in [0.05, 0.1) is 13.2 Å². The highest BCUT2D eigenvalue weighted by Gasteiger charge is 2.33. The number of aliphatic imine (C=N–C) groups is 1. The lowest BCUT2D eigenvalue weighted by Crippen LogP contribution is -2.45. The van der Waals surface area contributed by atoms with Gasteiger partial charge in [-0.3, -0.25) is 4.99 Å². The van der Waals surface area contributed by atoms with Gasteiger partial charge >= 0.3 is 0 Å². The van der Waals surface area contributed by atoms with E-state index in [-0.39, 0.29) is 6.04 Å². The first-order valence-corrected chi connectivity index (χ1v) is 10.9. The summed E-state index contributed by atoms with van der Waals surface area (Å²) in [4.78, 5) is 6.68. The van der Waals surface area contributed by atoms with E-state index in [0.29, 0.717) is 5.41 Å². The molecule has 1 aromatic carbocycles. The van der Waals surface area contributed by atoms with Gasteiger partial charge in [-0.15, -0.1) is 0 Å². The average Bonchev–Trinajstić information content (AvgIpc) is 3.20.